The van der Waals surface area contributed by atoms with Crippen molar-refractivity contribution in [3.8, 4) is 0 Å². The maximum atomic E-state index is 11.5. The first-order valence-electron chi connectivity index (χ1n) is 5.93. The first-order valence-corrected chi connectivity index (χ1v) is 5.93. The number of hydrogen-bond donors (Lipinski definition) is 0. The summed E-state index contributed by atoms with van der Waals surface area (Å²) in [5, 5.41) is 0. The van der Waals surface area contributed by atoms with Crippen molar-refractivity contribution >= 4 is 5.97 Å². The fraction of sp³-hybridized carbons (Fsp3) is 0.769. The number of likely N-dealkylation sites (N-methyl/N-ethyl adjacent to an activating group) is 1. The van der Waals surface area contributed by atoms with Crippen LogP contribution in [0.2, 0.25) is 0 Å². The van der Waals surface area contributed by atoms with E-state index in [2.05, 4.69) is 34.6 Å². The largest absolute Gasteiger partial charge is 0.453 e. The van der Waals surface area contributed by atoms with Gasteiger partial charge in [0.05, 0.1) is 21.1 Å². The summed E-state index contributed by atoms with van der Waals surface area (Å²) in [4.78, 5) is 11.5. The van der Waals surface area contributed by atoms with Gasteiger partial charge in [0.1, 0.15) is 6.54 Å². The predicted molar refractivity (Wildman–Crippen MR) is 67.1 cm³/mol. The van der Waals surface area contributed by atoms with E-state index in [-0.39, 0.29) is 12.1 Å². The molecule has 1 atom stereocenters. The number of quaternary nitrogens is 1. The van der Waals surface area contributed by atoms with Crippen LogP contribution in [-0.4, -0.2) is 44.2 Å². The maximum absolute atomic E-state index is 11.5. The molecule has 0 N–H and O–H groups in total. The highest BCUT2D eigenvalue weighted by Gasteiger charge is 2.21. The molecule has 0 aromatic heterocycles. The molecule has 3 nitrogen and oxygen atoms in total. The number of rotatable bonds is 7. The van der Waals surface area contributed by atoms with Crippen LogP contribution in [0.3, 0.4) is 0 Å². The van der Waals surface area contributed by atoms with E-state index in [9.17, 15) is 4.79 Å². The number of ether oxygens (including phenoxy) is 1. The molecule has 1 unspecified atom stereocenters. The highest BCUT2D eigenvalue weighted by atomic mass is 16.5. The van der Waals surface area contributed by atoms with Crippen LogP contribution in [0.5, 0.6) is 0 Å². The average Bonchev–Trinajstić information content (AvgIpc) is 2.11. The second kappa shape index (κ2) is 6.69. The van der Waals surface area contributed by atoms with Crippen LogP contribution in [0.1, 0.15) is 33.1 Å². The smallest absolute Gasteiger partial charge is 0.333 e. The molecule has 3 heteroatoms. The molecule has 0 aliphatic carbocycles. The van der Waals surface area contributed by atoms with Crippen molar-refractivity contribution in [3.05, 3.63) is 12.2 Å². The zero-order valence-electron chi connectivity index (χ0n) is 11.4. The van der Waals surface area contributed by atoms with Gasteiger partial charge in [0.2, 0.25) is 0 Å². The molecular weight excluding hydrogens is 202 g/mol. The first kappa shape index (κ1) is 15.2. The highest BCUT2D eigenvalue weighted by Crippen LogP contribution is 2.10. The summed E-state index contributed by atoms with van der Waals surface area (Å²) in [6.45, 7) is 8.28. The molecule has 0 heterocycles. The molecule has 16 heavy (non-hydrogen) atoms. The third kappa shape index (κ3) is 7.46. The van der Waals surface area contributed by atoms with Crippen molar-refractivity contribution in [2.75, 3.05) is 27.7 Å². The highest BCUT2D eigenvalue weighted by molar-refractivity contribution is 5.87. The summed E-state index contributed by atoms with van der Waals surface area (Å²) >= 11 is 0. The zero-order valence-corrected chi connectivity index (χ0v) is 11.4. The quantitative estimate of drug-likeness (QED) is 0.380. The second-order valence-electron chi connectivity index (χ2n) is 5.42. The number of esters is 1. The number of carbonyl (C=O) groups excluding carboxylic acids is 1. The van der Waals surface area contributed by atoms with Gasteiger partial charge < -0.3 is 9.22 Å². The van der Waals surface area contributed by atoms with Gasteiger partial charge in [0, 0.05) is 5.57 Å². The molecule has 0 aliphatic heterocycles. The van der Waals surface area contributed by atoms with Crippen molar-refractivity contribution in [3.63, 3.8) is 0 Å². The Bertz CT molecular complexity index is 241. The summed E-state index contributed by atoms with van der Waals surface area (Å²) in [5.41, 5.74) is 0.475. The Hall–Kier alpha value is -0.830. The molecule has 0 aliphatic rings. The lowest BCUT2D eigenvalue weighted by molar-refractivity contribution is -0.873. The van der Waals surface area contributed by atoms with Crippen molar-refractivity contribution < 1.29 is 14.0 Å². The van der Waals surface area contributed by atoms with E-state index in [1.807, 2.05) is 0 Å². The van der Waals surface area contributed by atoms with Gasteiger partial charge in [-0.1, -0.05) is 19.9 Å². The van der Waals surface area contributed by atoms with Crippen molar-refractivity contribution in [1.29, 1.82) is 0 Å². The van der Waals surface area contributed by atoms with E-state index in [1.54, 1.807) is 6.92 Å². The van der Waals surface area contributed by atoms with Gasteiger partial charge in [-0.25, -0.2) is 4.79 Å². The molecule has 0 radical (unpaired) electrons. The number of unbranched alkanes of at least 4 members (excludes halogenated alkanes) is 1. The van der Waals surface area contributed by atoms with Crippen LogP contribution in [-0.2, 0) is 9.53 Å². The fourth-order valence-electron chi connectivity index (χ4n) is 1.48. The molecule has 0 aromatic carbocycles. The van der Waals surface area contributed by atoms with Crippen LogP contribution in [0.25, 0.3) is 0 Å². The third-order valence-corrected chi connectivity index (χ3v) is 2.25. The minimum Gasteiger partial charge on any atom is -0.453 e. The Kier molecular flexibility index (Phi) is 6.34. The summed E-state index contributed by atoms with van der Waals surface area (Å²) in [6.07, 6.45) is 3.15. The molecule has 0 spiro atoms. The van der Waals surface area contributed by atoms with Crippen LogP contribution in [0.15, 0.2) is 12.2 Å². The van der Waals surface area contributed by atoms with Gasteiger partial charge in [-0.15, -0.1) is 0 Å². The van der Waals surface area contributed by atoms with Gasteiger partial charge in [-0.2, -0.15) is 0 Å². The van der Waals surface area contributed by atoms with E-state index in [0.29, 0.717) is 5.57 Å². The van der Waals surface area contributed by atoms with Crippen molar-refractivity contribution in [1.82, 2.24) is 0 Å². The summed E-state index contributed by atoms with van der Waals surface area (Å²) in [7, 11) is 6.31. The van der Waals surface area contributed by atoms with Crippen LogP contribution >= 0.6 is 0 Å². The van der Waals surface area contributed by atoms with Crippen molar-refractivity contribution in [2.24, 2.45) is 0 Å². The topological polar surface area (TPSA) is 26.3 Å². The Labute approximate surface area is 99.7 Å². The van der Waals surface area contributed by atoms with Gasteiger partial charge in [0.25, 0.3) is 0 Å². The SMILES string of the molecule is C=C(C)C(=O)OC(CCCC)C[N+](C)(C)C. The lowest BCUT2D eigenvalue weighted by Gasteiger charge is -2.29. The number of carbonyl (C=O) groups is 1. The van der Waals surface area contributed by atoms with E-state index >= 15 is 0 Å². The monoisotopic (exact) mass is 228 g/mol. The summed E-state index contributed by atoms with van der Waals surface area (Å²) in [6, 6.07) is 0. The van der Waals surface area contributed by atoms with Crippen molar-refractivity contribution in [2.45, 2.75) is 39.2 Å². The molecular formula is C13H26NO2+. The lowest BCUT2D eigenvalue weighted by Crippen LogP contribution is -2.43. The molecule has 0 aromatic rings. The molecule has 0 saturated heterocycles. The second-order valence-corrected chi connectivity index (χ2v) is 5.42. The number of hydrogen-bond acceptors (Lipinski definition) is 2. The molecule has 0 amide bonds. The third-order valence-electron chi connectivity index (χ3n) is 2.25. The van der Waals surface area contributed by atoms with Gasteiger partial charge >= 0.3 is 5.97 Å². The van der Waals surface area contributed by atoms with E-state index in [1.165, 1.54) is 0 Å². The Morgan fingerprint density at radius 1 is 1.38 bits per heavy atom. The van der Waals surface area contributed by atoms with Crippen LogP contribution in [0.4, 0.5) is 0 Å². The zero-order chi connectivity index (χ0) is 12.8. The van der Waals surface area contributed by atoms with Gasteiger partial charge in [0.15, 0.2) is 6.10 Å². The Morgan fingerprint density at radius 3 is 2.31 bits per heavy atom. The first-order chi connectivity index (χ1) is 7.26. The van der Waals surface area contributed by atoms with E-state index in [4.69, 9.17) is 4.74 Å². The summed E-state index contributed by atoms with van der Waals surface area (Å²) in [5.74, 6) is -0.269. The van der Waals surface area contributed by atoms with Crippen LogP contribution in [0, 0.1) is 0 Å². The molecule has 0 rings (SSSR count). The fourth-order valence-corrected chi connectivity index (χ4v) is 1.48. The molecule has 0 bridgehead atoms. The minimum absolute atomic E-state index is 0.00384. The number of nitrogens with zero attached hydrogens (tertiary/aromatic N) is 1. The molecule has 0 fully saturated rings. The Morgan fingerprint density at radius 2 is 1.94 bits per heavy atom. The van der Waals surface area contributed by atoms with Gasteiger partial charge in [-0.3, -0.25) is 0 Å². The van der Waals surface area contributed by atoms with Crippen LogP contribution < -0.4 is 0 Å². The lowest BCUT2D eigenvalue weighted by atomic mass is 10.1. The van der Waals surface area contributed by atoms with Gasteiger partial charge in [-0.05, 0) is 19.8 Å². The minimum atomic E-state index is -0.269. The normalized spacial score (nSPS) is 13.3. The predicted octanol–water partition coefficient (Wildman–Crippen LogP) is 2.37. The summed E-state index contributed by atoms with van der Waals surface area (Å²) < 4.78 is 6.24. The Balaban J connectivity index is 4.31. The van der Waals surface area contributed by atoms with E-state index in [0.717, 1.165) is 30.3 Å². The van der Waals surface area contributed by atoms with E-state index < -0.39 is 0 Å². The molecule has 94 valence electrons. The molecule has 0 saturated carbocycles. The standard InChI is InChI=1S/C13H26NO2/c1-7-8-9-12(10-14(4,5)6)16-13(15)11(2)3/h12H,2,7-10H2,1,3-6H3/q+1. The maximum Gasteiger partial charge on any atom is 0.333 e. The average molecular weight is 228 g/mol.